The molecule has 0 fully saturated rings. The smallest absolute Gasteiger partial charge is 0.118 e. The monoisotopic (exact) mass is 180 g/mol. The fourth-order valence-electron chi connectivity index (χ4n) is 1.34. The first kappa shape index (κ1) is 10.1. The van der Waals surface area contributed by atoms with E-state index < -0.39 is 0 Å². The lowest BCUT2D eigenvalue weighted by atomic mass is 10.1. The van der Waals surface area contributed by atoms with Gasteiger partial charge in [0, 0.05) is 13.0 Å². The van der Waals surface area contributed by atoms with E-state index in [1.165, 1.54) is 0 Å². The lowest BCUT2D eigenvalue weighted by Gasteiger charge is -2.12. The lowest BCUT2D eigenvalue weighted by molar-refractivity contribution is 0.0764. The van der Waals surface area contributed by atoms with Gasteiger partial charge in [-0.05, 0) is 25.5 Å². The standard InChI is InChI=1S/C11H16O2/c1-3-13-9(2)8-10-6-4-5-7-11(10)12/h4-7,9,12H,3,8H2,1-2H3. The van der Waals surface area contributed by atoms with Gasteiger partial charge in [0.2, 0.25) is 0 Å². The number of hydrogen-bond donors (Lipinski definition) is 1. The Morgan fingerprint density at radius 3 is 2.69 bits per heavy atom. The first-order valence-electron chi connectivity index (χ1n) is 4.62. The van der Waals surface area contributed by atoms with Crippen LogP contribution >= 0.6 is 0 Å². The molecule has 0 aliphatic carbocycles. The van der Waals surface area contributed by atoms with E-state index in [0.717, 1.165) is 18.6 Å². The second-order valence-corrected chi connectivity index (χ2v) is 3.10. The third kappa shape index (κ3) is 3.07. The second kappa shape index (κ2) is 4.87. The molecule has 1 aromatic rings. The van der Waals surface area contributed by atoms with Crippen molar-refractivity contribution in [3.63, 3.8) is 0 Å². The van der Waals surface area contributed by atoms with Gasteiger partial charge in [-0.2, -0.15) is 0 Å². The maximum Gasteiger partial charge on any atom is 0.118 e. The molecule has 0 spiro atoms. The number of ether oxygens (including phenoxy) is 1. The number of para-hydroxylation sites is 1. The number of hydrogen-bond acceptors (Lipinski definition) is 2. The van der Waals surface area contributed by atoms with Crippen molar-refractivity contribution in [2.24, 2.45) is 0 Å². The van der Waals surface area contributed by atoms with Gasteiger partial charge in [0.05, 0.1) is 6.10 Å². The summed E-state index contributed by atoms with van der Waals surface area (Å²) in [6, 6.07) is 7.37. The molecule has 0 saturated carbocycles. The van der Waals surface area contributed by atoms with E-state index in [-0.39, 0.29) is 6.10 Å². The predicted octanol–water partition coefficient (Wildman–Crippen LogP) is 2.36. The molecule has 72 valence electrons. The number of phenols is 1. The first-order valence-corrected chi connectivity index (χ1v) is 4.62. The molecule has 0 radical (unpaired) electrons. The average molecular weight is 180 g/mol. The summed E-state index contributed by atoms with van der Waals surface area (Å²) in [5.41, 5.74) is 0.948. The van der Waals surface area contributed by atoms with Crippen LogP contribution in [0.5, 0.6) is 5.75 Å². The van der Waals surface area contributed by atoms with Crippen molar-refractivity contribution >= 4 is 0 Å². The minimum Gasteiger partial charge on any atom is -0.508 e. The predicted molar refractivity (Wildman–Crippen MR) is 52.9 cm³/mol. The largest absolute Gasteiger partial charge is 0.508 e. The molecule has 2 heteroatoms. The zero-order chi connectivity index (χ0) is 9.68. The number of benzene rings is 1. The highest BCUT2D eigenvalue weighted by Gasteiger charge is 2.05. The maximum atomic E-state index is 9.47. The van der Waals surface area contributed by atoms with Crippen LogP contribution < -0.4 is 0 Å². The Labute approximate surface area is 79.2 Å². The highest BCUT2D eigenvalue weighted by Crippen LogP contribution is 2.17. The normalized spacial score (nSPS) is 12.8. The van der Waals surface area contributed by atoms with Crippen molar-refractivity contribution in [1.82, 2.24) is 0 Å². The molecule has 1 atom stereocenters. The van der Waals surface area contributed by atoms with Crippen molar-refractivity contribution in [1.29, 1.82) is 0 Å². The van der Waals surface area contributed by atoms with Crippen LogP contribution in [-0.2, 0) is 11.2 Å². The Morgan fingerprint density at radius 1 is 1.38 bits per heavy atom. The van der Waals surface area contributed by atoms with Crippen LogP contribution in [-0.4, -0.2) is 17.8 Å². The Kier molecular flexibility index (Phi) is 3.77. The molecule has 13 heavy (non-hydrogen) atoms. The molecule has 0 aliphatic rings. The molecule has 1 aromatic carbocycles. The van der Waals surface area contributed by atoms with E-state index in [9.17, 15) is 5.11 Å². The van der Waals surface area contributed by atoms with Crippen molar-refractivity contribution < 1.29 is 9.84 Å². The third-order valence-electron chi connectivity index (χ3n) is 1.95. The molecule has 0 amide bonds. The van der Waals surface area contributed by atoms with E-state index in [4.69, 9.17) is 4.74 Å². The molecule has 2 nitrogen and oxygen atoms in total. The molecule has 1 rings (SSSR count). The molecular weight excluding hydrogens is 164 g/mol. The summed E-state index contributed by atoms with van der Waals surface area (Å²) in [4.78, 5) is 0. The molecular formula is C11H16O2. The summed E-state index contributed by atoms with van der Waals surface area (Å²) in [5.74, 6) is 0.356. The van der Waals surface area contributed by atoms with Crippen molar-refractivity contribution in [3.05, 3.63) is 29.8 Å². The molecule has 0 aromatic heterocycles. The van der Waals surface area contributed by atoms with Crippen LogP contribution in [0, 0.1) is 0 Å². The van der Waals surface area contributed by atoms with Crippen LogP contribution in [0.15, 0.2) is 24.3 Å². The summed E-state index contributed by atoms with van der Waals surface area (Å²) in [5, 5.41) is 9.47. The van der Waals surface area contributed by atoms with Gasteiger partial charge >= 0.3 is 0 Å². The highest BCUT2D eigenvalue weighted by molar-refractivity contribution is 5.32. The van der Waals surface area contributed by atoms with Crippen LogP contribution in [0.3, 0.4) is 0 Å². The van der Waals surface area contributed by atoms with Gasteiger partial charge in [0.25, 0.3) is 0 Å². The van der Waals surface area contributed by atoms with Gasteiger partial charge in [0.1, 0.15) is 5.75 Å². The Morgan fingerprint density at radius 2 is 2.08 bits per heavy atom. The van der Waals surface area contributed by atoms with Gasteiger partial charge in [0.15, 0.2) is 0 Å². The highest BCUT2D eigenvalue weighted by atomic mass is 16.5. The summed E-state index contributed by atoms with van der Waals surface area (Å²) in [6.07, 6.45) is 0.929. The summed E-state index contributed by atoms with van der Waals surface area (Å²) in [7, 11) is 0. The zero-order valence-corrected chi connectivity index (χ0v) is 8.16. The molecule has 0 aliphatic heterocycles. The number of phenolic OH excluding ortho intramolecular Hbond substituents is 1. The fourth-order valence-corrected chi connectivity index (χ4v) is 1.34. The Bertz CT molecular complexity index is 258. The number of rotatable bonds is 4. The van der Waals surface area contributed by atoms with Crippen LogP contribution in [0.25, 0.3) is 0 Å². The van der Waals surface area contributed by atoms with Crippen molar-refractivity contribution in [2.75, 3.05) is 6.61 Å². The van der Waals surface area contributed by atoms with Crippen molar-refractivity contribution in [3.8, 4) is 5.75 Å². The first-order chi connectivity index (χ1) is 6.24. The SMILES string of the molecule is CCOC(C)Cc1ccccc1O. The Balaban J connectivity index is 2.58. The summed E-state index contributed by atoms with van der Waals surface area (Å²) < 4.78 is 5.39. The Hall–Kier alpha value is -1.02. The zero-order valence-electron chi connectivity index (χ0n) is 8.16. The topological polar surface area (TPSA) is 29.5 Å². The van der Waals surface area contributed by atoms with Gasteiger partial charge in [-0.15, -0.1) is 0 Å². The molecule has 1 N–H and O–H groups in total. The van der Waals surface area contributed by atoms with Crippen LogP contribution in [0.2, 0.25) is 0 Å². The van der Waals surface area contributed by atoms with Gasteiger partial charge in [-0.3, -0.25) is 0 Å². The van der Waals surface area contributed by atoms with E-state index in [1.54, 1.807) is 6.07 Å². The third-order valence-corrected chi connectivity index (χ3v) is 1.95. The van der Waals surface area contributed by atoms with E-state index in [0.29, 0.717) is 5.75 Å². The van der Waals surface area contributed by atoms with Crippen LogP contribution in [0.1, 0.15) is 19.4 Å². The van der Waals surface area contributed by atoms with Gasteiger partial charge in [-0.25, -0.2) is 0 Å². The number of aromatic hydroxyl groups is 1. The molecule has 1 unspecified atom stereocenters. The molecule has 0 bridgehead atoms. The fraction of sp³-hybridized carbons (Fsp3) is 0.455. The summed E-state index contributed by atoms with van der Waals surface area (Å²) in [6.45, 7) is 4.70. The minimum absolute atomic E-state index is 0.165. The quantitative estimate of drug-likeness (QED) is 0.770. The van der Waals surface area contributed by atoms with E-state index >= 15 is 0 Å². The van der Waals surface area contributed by atoms with Gasteiger partial charge in [-0.1, -0.05) is 18.2 Å². The lowest BCUT2D eigenvalue weighted by Crippen LogP contribution is -2.11. The van der Waals surface area contributed by atoms with E-state index in [1.807, 2.05) is 32.0 Å². The summed E-state index contributed by atoms with van der Waals surface area (Å²) >= 11 is 0. The maximum absolute atomic E-state index is 9.47. The average Bonchev–Trinajstić information content (AvgIpc) is 2.09. The second-order valence-electron chi connectivity index (χ2n) is 3.10. The molecule has 0 heterocycles. The van der Waals surface area contributed by atoms with Crippen LogP contribution in [0.4, 0.5) is 0 Å². The minimum atomic E-state index is 0.165. The molecule has 0 saturated heterocycles. The van der Waals surface area contributed by atoms with Gasteiger partial charge < -0.3 is 9.84 Å². The van der Waals surface area contributed by atoms with E-state index in [2.05, 4.69) is 0 Å². The van der Waals surface area contributed by atoms with Crippen molar-refractivity contribution in [2.45, 2.75) is 26.4 Å².